The lowest BCUT2D eigenvalue weighted by Crippen LogP contribution is -2.44. The van der Waals surface area contributed by atoms with Crippen LogP contribution in [0.5, 0.6) is 0 Å². The number of hydrogen-bond donors (Lipinski definition) is 0. The van der Waals surface area contributed by atoms with Crippen molar-refractivity contribution in [2.75, 3.05) is 31.1 Å². The minimum absolute atomic E-state index is 0.847. The Labute approximate surface area is 218 Å². The first-order valence-corrected chi connectivity index (χ1v) is 13.5. The molecule has 0 amide bonds. The van der Waals surface area contributed by atoms with E-state index in [1.165, 1.54) is 4.70 Å². The van der Waals surface area contributed by atoms with Gasteiger partial charge in [-0.05, 0) is 55.1 Å². The van der Waals surface area contributed by atoms with E-state index >= 15 is 0 Å². The SMILES string of the molecule is Cc1nn(-c2ccccc2)c(Sc2nc3ccccc3s2)c1C=NN1CCN(c2ccccn2)CC1. The second-order valence-electron chi connectivity index (χ2n) is 8.47. The van der Waals surface area contributed by atoms with Crippen molar-refractivity contribution < 1.29 is 0 Å². The summed E-state index contributed by atoms with van der Waals surface area (Å²) < 4.78 is 4.18. The van der Waals surface area contributed by atoms with E-state index in [1.807, 2.05) is 60.4 Å². The molecule has 0 bridgehead atoms. The van der Waals surface area contributed by atoms with Gasteiger partial charge in [-0.15, -0.1) is 11.3 Å². The number of rotatable bonds is 6. The monoisotopic (exact) mass is 511 g/mol. The molecule has 1 saturated heterocycles. The van der Waals surface area contributed by atoms with Crippen LogP contribution in [0, 0.1) is 6.92 Å². The average Bonchev–Trinajstić information content (AvgIpc) is 3.49. The Balaban J connectivity index is 1.28. The minimum atomic E-state index is 0.847. The summed E-state index contributed by atoms with van der Waals surface area (Å²) in [5.74, 6) is 1.02. The zero-order chi connectivity index (χ0) is 24.3. The standard InChI is InChI=1S/C27H25N7S2/c1-20-22(19-29-33-17-15-32(16-18-33)25-13-7-8-14-28-25)26(34(31-20)21-9-3-2-4-10-21)36-27-30-23-11-5-6-12-24(23)35-27/h2-14,19H,15-18H2,1H3. The van der Waals surface area contributed by atoms with Crippen molar-refractivity contribution in [1.29, 1.82) is 0 Å². The maximum Gasteiger partial charge on any atom is 0.157 e. The first-order chi connectivity index (χ1) is 17.7. The highest BCUT2D eigenvalue weighted by Crippen LogP contribution is 2.37. The van der Waals surface area contributed by atoms with Gasteiger partial charge in [0.1, 0.15) is 10.8 Å². The zero-order valence-corrected chi connectivity index (χ0v) is 21.5. The highest BCUT2D eigenvalue weighted by molar-refractivity contribution is 8.01. The van der Waals surface area contributed by atoms with E-state index in [2.05, 4.69) is 51.3 Å². The Morgan fingerprint density at radius 3 is 2.47 bits per heavy atom. The molecule has 0 N–H and O–H groups in total. The number of aryl methyl sites for hydroxylation is 1. The molecule has 0 unspecified atom stereocenters. The van der Waals surface area contributed by atoms with Crippen LogP contribution in [0.3, 0.4) is 0 Å². The Morgan fingerprint density at radius 2 is 1.69 bits per heavy atom. The Kier molecular flexibility index (Phi) is 6.40. The lowest BCUT2D eigenvalue weighted by atomic mass is 10.3. The lowest BCUT2D eigenvalue weighted by molar-refractivity contribution is 0.271. The van der Waals surface area contributed by atoms with Crippen molar-refractivity contribution in [3.63, 3.8) is 0 Å². The summed E-state index contributed by atoms with van der Waals surface area (Å²) in [5.41, 5.74) is 4.01. The summed E-state index contributed by atoms with van der Waals surface area (Å²) in [6.07, 6.45) is 3.81. The van der Waals surface area contributed by atoms with E-state index in [4.69, 9.17) is 15.2 Å². The van der Waals surface area contributed by atoms with Crippen molar-refractivity contribution in [1.82, 2.24) is 24.8 Å². The Hall–Kier alpha value is -3.69. The van der Waals surface area contributed by atoms with E-state index in [9.17, 15) is 0 Å². The molecule has 9 heteroatoms. The van der Waals surface area contributed by atoms with Gasteiger partial charge < -0.3 is 4.90 Å². The van der Waals surface area contributed by atoms with Crippen molar-refractivity contribution in [2.45, 2.75) is 16.3 Å². The van der Waals surface area contributed by atoms with Crippen LogP contribution in [0.15, 0.2) is 93.5 Å². The number of pyridine rings is 1. The Bertz CT molecular complexity index is 1450. The fourth-order valence-corrected chi connectivity index (χ4v) is 6.43. The largest absolute Gasteiger partial charge is 0.353 e. The topological polar surface area (TPSA) is 62.4 Å². The molecule has 0 aliphatic carbocycles. The number of hydrogen-bond acceptors (Lipinski definition) is 8. The van der Waals surface area contributed by atoms with Crippen LogP contribution in [-0.4, -0.2) is 57.2 Å². The quantitative estimate of drug-likeness (QED) is 0.281. The molecular formula is C27H25N7S2. The van der Waals surface area contributed by atoms with Gasteiger partial charge in [0.25, 0.3) is 0 Å². The van der Waals surface area contributed by atoms with Crippen LogP contribution in [-0.2, 0) is 0 Å². The normalized spacial score (nSPS) is 14.2. The third kappa shape index (κ3) is 4.72. The molecule has 4 heterocycles. The molecule has 6 rings (SSSR count). The summed E-state index contributed by atoms with van der Waals surface area (Å²) in [5, 5.41) is 12.9. The van der Waals surface area contributed by atoms with E-state index in [-0.39, 0.29) is 0 Å². The van der Waals surface area contributed by atoms with Gasteiger partial charge in [-0.1, -0.05) is 36.4 Å². The number of anilines is 1. The number of para-hydroxylation sites is 2. The lowest BCUT2D eigenvalue weighted by Gasteiger charge is -2.33. The van der Waals surface area contributed by atoms with Crippen LogP contribution in [0.1, 0.15) is 11.3 Å². The number of benzene rings is 2. The average molecular weight is 512 g/mol. The van der Waals surface area contributed by atoms with Crippen molar-refractivity contribution >= 4 is 45.3 Å². The third-order valence-electron chi connectivity index (χ3n) is 6.10. The highest BCUT2D eigenvalue weighted by Gasteiger charge is 2.20. The predicted molar refractivity (Wildman–Crippen MR) is 148 cm³/mol. The van der Waals surface area contributed by atoms with E-state index in [0.29, 0.717) is 0 Å². The van der Waals surface area contributed by atoms with Gasteiger partial charge in [-0.2, -0.15) is 10.2 Å². The number of nitrogens with zero attached hydrogens (tertiary/aromatic N) is 7. The molecule has 5 aromatic rings. The third-order valence-corrected chi connectivity index (χ3v) is 8.28. The van der Waals surface area contributed by atoms with Crippen molar-refractivity contribution in [3.05, 3.63) is 90.3 Å². The molecule has 2 aromatic carbocycles. The number of thiazole rings is 1. The second kappa shape index (κ2) is 10.1. The summed E-state index contributed by atoms with van der Waals surface area (Å²) in [6, 6.07) is 24.5. The van der Waals surface area contributed by atoms with Crippen LogP contribution in [0.4, 0.5) is 5.82 Å². The predicted octanol–water partition coefficient (Wildman–Crippen LogP) is 5.49. The molecule has 7 nitrogen and oxygen atoms in total. The number of aromatic nitrogens is 4. The Morgan fingerprint density at radius 1 is 0.917 bits per heavy atom. The molecule has 36 heavy (non-hydrogen) atoms. The maximum absolute atomic E-state index is 4.89. The van der Waals surface area contributed by atoms with Crippen LogP contribution in [0.2, 0.25) is 0 Å². The molecule has 1 fully saturated rings. The van der Waals surface area contributed by atoms with Gasteiger partial charge in [0, 0.05) is 19.3 Å². The van der Waals surface area contributed by atoms with Gasteiger partial charge in [0.15, 0.2) is 4.34 Å². The molecule has 0 spiro atoms. The number of fused-ring (bicyclic) bond motifs is 1. The summed E-state index contributed by atoms with van der Waals surface area (Å²) in [4.78, 5) is 11.6. The second-order valence-corrected chi connectivity index (χ2v) is 10.7. The van der Waals surface area contributed by atoms with Crippen molar-refractivity contribution in [3.8, 4) is 5.69 Å². The van der Waals surface area contributed by atoms with Gasteiger partial charge in [0.2, 0.25) is 0 Å². The van der Waals surface area contributed by atoms with E-state index in [0.717, 1.165) is 63.8 Å². The maximum atomic E-state index is 4.89. The summed E-state index contributed by atoms with van der Waals surface area (Å²) in [6.45, 7) is 5.52. The molecular weight excluding hydrogens is 486 g/mol. The number of piperazine rings is 1. The van der Waals surface area contributed by atoms with Crippen molar-refractivity contribution in [2.24, 2.45) is 5.10 Å². The zero-order valence-electron chi connectivity index (χ0n) is 19.9. The molecule has 3 aromatic heterocycles. The molecule has 0 saturated carbocycles. The smallest absolute Gasteiger partial charge is 0.157 e. The van der Waals surface area contributed by atoms with E-state index < -0.39 is 0 Å². The molecule has 0 atom stereocenters. The minimum Gasteiger partial charge on any atom is -0.353 e. The van der Waals surface area contributed by atoms with Crippen LogP contribution >= 0.6 is 23.1 Å². The van der Waals surface area contributed by atoms with Gasteiger partial charge in [-0.3, -0.25) is 5.01 Å². The fourth-order valence-electron chi connectivity index (χ4n) is 4.21. The first-order valence-electron chi connectivity index (χ1n) is 11.9. The fraction of sp³-hybridized carbons (Fsp3) is 0.185. The molecule has 1 aliphatic rings. The van der Waals surface area contributed by atoms with Crippen LogP contribution in [0.25, 0.3) is 15.9 Å². The molecule has 180 valence electrons. The van der Waals surface area contributed by atoms with Gasteiger partial charge in [0.05, 0.1) is 46.5 Å². The highest BCUT2D eigenvalue weighted by atomic mass is 32.2. The molecule has 0 radical (unpaired) electrons. The summed E-state index contributed by atoms with van der Waals surface area (Å²) in [7, 11) is 0. The summed E-state index contributed by atoms with van der Waals surface area (Å²) >= 11 is 3.35. The van der Waals surface area contributed by atoms with Crippen LogP contribution < -0.4 is 4.90 Å². The number of hydrazone groups is 1. The van der Waals surface area contributed by atoms with Gasteiger partial charge >= 0.3 is 0 Å². The first kappa shape index (κ1) is 22.8. The molecule has 1 aliphatic heterocycles. The van der Waals surface area contributed by atoms with Gasteiger partial charge in [-0.25, -0.2) is 14.6 Å². The van der Waals surface area contributed by atoms with E-state index in [1.54, 1.807) is 23.1 Å².